The van der Waals surface area contributed by atoms with Crippen LogP contribution in [0.3, 0.4) is 0 Å². The number of halogens is 2. The Morgan fingerprint density at radius 3 is 2.56 bits per heavy atom. The molecule has 1 heterocycles. The van der Waals surface area contributed by atoms with E-state index < -0.39 is 12.0 Å². The first-order valence-corrected chi connectivity index (χ1v) is 4.17. The molecule has 0 saturated carbocycles. The molecule has 0 fully saturated rings. The van der Waals surface area contributed by atoms with E-state index >= 15 is 0 Å². The monoisotopic (exact) mass is 267 g/mol. The summed E-state index contributed by atoms with van der Waals surface area (Å²) in [5.41, 5.74) is 11.8. The van der Waals surface area contributed by atoms with Crippen molar-refractivity contribution in [3.05, 3.63) is 23.9 Å². The number of carbonyl (C=O) groups excluding carboxylic acids is 1. The molecular formula is C9H15Cl2N3O2. The summed E-state index contributed by atoms with van der Waals surface area (Å²) in [5, 5.41) is 0. The SMILES string of the molecule is COC(=O)[C@@H](N)Cc1ccc(N)nc1.Cl.Cl. The number of methoxy groups -OCH3 is 1. The lowest BCUT2D eigenvalue weighted by molar-refractivity contribution is -0.142. The van der Waals surface area contributed by atoms with E-state index in [1.807, 2.05) is 0 Å². The molecule has 0 amide bonds. The van der Waals surface area contributed by atoms with Crippen LogP contribution in [0, 0.1) is 0 Å². The first-order chi connectivity index (χ1) is 6.63. The van der Waals surface area contributed by atoms with Crippen molar-refractivity contribution in [1.29, 1.82) is 0 Å². The third-order valence-electron chi connectivity index (χ3n) is 1.81. The largest absolute Gasteiger partial charge is 0.468 e. The number of ether oxygens (including phenoxy) is 1. The molecule has 92 valence electrons. The van der Waals surface area contributed by atoms with Crippen LogP contribution in [0.15, 0.2) is 18.3 Å². The quantitative estimate of drug-likeness (QED) is 0.781. The van der Waals surface area contributed by atoms with Crippen molar-refractivity contribution in [2.24, 2.45) is 5.73 Å². The number of hydrogen-bond donors (Lipinski definition) is 2. The zero-order valence-corrected chi connectivity index (χ0v) is 10.4. The van der Waals surface area contributed by atoms with Gasteiger partial charge in [0, 0.05) is 6.20 Å². The number of esters is 1. The zero-order valence-electron chi connectivity index (χ0n) is 8.75. The van der Waals surface area contributed by atoms with E-state index in [1.165, 1.54) is 7.11 Å². The Balaban J connectivity index is 0. The van der Waals surface area contributed by atoms with E-state index in [0.717, 1.165) is 5.56 Å². The highest BCUT2D eigenvalue weighted by Gasteiger charge is 2.13. The number of aromatic nitrogens is 1. The second-order valence-corrected chi connectivity index (χ2v) is 2.93. The van der Waals surface area contributed by atoms with Crippen LogP contribution < -0.4 is 11.5 Å². The van der Waals surface area contributed by atoms with Gasteiger partial charge in [0.05, 0.1) is 7.11 Å². The van der Waals surface area contributed by atoms with E-state index in [2.05, 4.69) is 9.72 Å². The predicted octanol–water partition coefficient (Wildman–Crippen LogP) is 0.550. The molecule has 0 aliphatic rings. The van der Waals surface area contributed by atoms with Gasteiger partial charge in [-0.3, -0.25) is 4.79 Å². The number of nitrogens with zero attached hydrogens (tertiary/aromatic N) is 1. The molecular weight excluding hydrogens is 253 g/mol. The summed E-state index contributed by atoms with van der Waals surface area (Å²) in [6, 6.07) is 2.80. The fourth-order valence-corrected chi connectivity index (χ4v) is 1.05. The molecule has 0 aliphatic heterocycles. The fourth-order valence-electron chi connectivity index (χ4n) is 1.05. The van der Waals surface area contributed by atoms with Gasteiger partial charge in [-0.2, -0.15) is 0 Å². The standard InChI is InChI=1S/C9H13N3O2.2ClH/c1-14-9(13)7(10)4-6-2-3-8(11)12-5-6;;/h2-3,5,7H,4,10H2,1H3,(H2,11,12);2*1H/t7-;;/m0../s1. The Morgan fingerprint density at radius 2 is 2.12 bits per heavy atom. The van der Waals surface area contributed by atoms with Gasteiger partial charge in [-0.05, 0) is 18.1 Å². The maximum atomic E-state index is 11.0. The van der Waals surface area contributed by atoms with Crippen LogP contribution in [0.2, 0.25) is 0 Å². The number of carbonyl (C=O) groups is 1. The van der Waals surface area contributed by atoms with Gasteiger partial charge in [0.25, 0.3) is 0 Å². The smallest absolute Gasteiger partial charge is 0.322 e. The lowest BCUT2D eigenvalue weighted by Gasteiger charge is -2.08. The summed E-state index contributed by atoms with van der Waals surface area (Å²) < 4.78 is 4.50. The third kappa shape index (κ3) is 5.16. The van der Waals surface area contributed by atoms with Crippen LogP contribution in [0.4, 0.5) is 5.82 Å². The average Bonchev–Trinajstić information content (AvgIpc) is 2.20. The molecule has 0 aliphatic carbocycles. The highest BCUT2D eigenvalue weighted by atomic mass is 35.5. The second kappa shape index (κ2) is 8.15. The first kappa shape index (κ1) is 17.4. The van der Waals surface area contributed by atoms with Crippen molar-refractivity contribution in [1.82, 2.24) is 4.98 Å². The fraction of sp³-hybridized carbons (Fsp3) is 0.333. The molecule has 1 atom stereocenters. The molecule has 0 saturated heterocycles. The molecule has 1 rings (SSSR count). The van der Waals surface area contributed by atoms with Crippen molar-refractivity contribution in [3.63, 3.8) is 0 Å². The lowest BCUT2D eigenvalue weighted by atomic mass is 10.1. The number of rotatable bonds is 3. The molecule has 5 nitrogen and oxygen atoms in total. The lowest BCUT2D eigenvalue weighted by Crippen LogP contribution is -2.33. The van der Waals surface area contributed by atoms with Gasteiger partial charge in [-0.25, -0.2) is 4.98 Å². The molecule has 0 spiro atoms. The number of pyridine rings is 1. The second-order valence-electron chi connectivity index (χ2n) is 2.93. The van der Waals surface area contributed by atoms with Gasteiger partial charge in [0.1, 0.15) is 11.9 Å². The van der Waals surface area contributed by atoms with E-state index in [0.29, 0.717) is 12.2 Å². The highest BCUT2D eigenvalue weighted by molar-refractivity contribution is 5.85. The molecule has 1 aromatic heterocycles. The molecule has 4 N–H and O–H groups in total. The average molecular weight is 268 g/mol. The first-order valence-electron chi connectivity index (χ1n) is 4.17. The minimum Gasteiger partial charge on any atom is -0.468 e. The van der Waals surface area contributed by atoms with Gasteiger partial charge in [-0.15, -0.1) is 24.8 Å². The van der Waals surface area contributed by atoms with Crippen LogP contribution in [0.5, 0.6) is 0 Å². The summed E-state index contributed by atoms with van der Waals surface area (Å²) in [6.07, 6.45) is 2.00. The van der Waals surface area contributed by atoms with Crippen molar-refractivity contribution >= 4 is 36.6 Å². The summed E-state index contributed by atoms with van der Waals surface area (Å²) in [6.45, 7) is 0. The van der Waals surface area contributed by atoms with Gasteiger partial charge < -0.3 is 16.2 Å². The van der Waals surface area contributed by atoms with E-state index in [9.17, 15) is 4.79 Å². The van der Waals surface area contributed by atoms with E-state index in [4.69, 9.17) is 11.5 Å². The number of nitrogens with two attached hydrogens (primary N) is 2. The molecule has 1 aromatic rings. The van der Waals surface area contributed by atoms with Crippen LogP contribution in [0.1, 0.15) is 5.56 Å². The zero-order chi connectivity index (χ0) is 10.6. The van der Waals surface area contributed by atoms with Crippen molar-refractivity contribution in [2.45, 2.75) is 12.5 Å². The minimum atomic E-state index is -0.648. The Kier molecular flexibility index (Phi) is 8.84. The van der Waals surface area contributed by atoms with Gasteiger partial charge >= 0.3 is 5.97 Å². The maximum absolute atomic E-state index is 11.0. The van der Waals surface area contributed by atoms with Crippen LogP contribution in [-0.4, -0.2) is 24.1 Å². The van der Waals surface area contributed by atoms with Crippen LogP contribution >= 0.6 is 24.8 Å². The predicted molar refractivity (Wildman–Crippen MR) is 66.8 cm³/mol. The number of hydrogen-bond acceptors (Lipinski definition) is 5. The summed E-state index contributed by atoms with van der Waals surface area (Å²) in [7, 11) is 1.31. The van der Waals surface area contributed by atoms with Crippen LogP contribution in [0.25, 0.3) is 0 Å². The summed E-state index contributed by atoms with van der Waals surface area (Å²) in [5.74, 6) is 0.0159. The Labute approximate surface area is 106 Å². The number of anilines is 1. The Hall–Kier alpha value is -1.04. The third-order valence-corrected chi connectivity index (χ3v) is 1.81. The molecule has 16 heavy (non-hydrogen) atoms. The summed E-state index contributed by atoms with van der Waals surface area (Å²) in [4.78, 5) is 14.9. The summed E-state index contributed by atoms with van der Waals surface area (Å²) >= 11 is 0. The molecule has 7 heteroatoms. The molecule has 0 bridgehead atoms. The van der Waals surface area contributed by atoms with Crippen molar-refractivity contribution in [3.8, 4) is 0 Å². The van der Waals surface area contributed by atoms with Gasteiger partial charge in [-0.1, -0.05) is 6.07 Å². The molecule has 0 aromatic carbocycles. The Bertz CT molecular complexity index is 319. The van der Waals surface area contributed by atoms with E-state index in [-0.39, 0.29) is 24.8 Å². The highest BCUT2D eigenvalue weighted by Crippen LogP contribution is 2.04. The van der Waals surface area contributed by atoms with E-state index in [1.54, 1.807) is 18.3 Å². The van der Waals surface area contributed by atoms with Crippen molar-refractivity contribution < 1.29 is 9.53 Å². The molecule has 0 radical (unpaired) electrons. The van der Waals surface area contributed by atoms with Gasteiger partial charge in [0.15, 0.2) is 0 Å². The molecule has 0 unspecified atom stereocenters. The normalized spacial score (nSPS) is 10.6. The Morgan fingerprint density at radius 1 is 1.50 bits per heavy atom. The van der Waals surface area contributed by atoms with Crippen LogP contribution in [-0.2, 0) is 16.0 Å². The van der Waals surface area contributed by atoms with Gasteiger partial charge in [0.2, 0.25) is 0 Å². The topological polar surface area (TPSA) is 91.2 Å². The minimum absolute atomic E-state index is 0. The van der Waals surface area contributed by atoms with Crippen molar-refractivity contribution in [2.75, 3.05) is 12.8 Å². The number of nitrogen functional groups attached to an aromatic ring is 1. The maximum Gasteiger partial charge on any atom is 0.322 e.